The van der Waals surface area contributed by atoms with Crippen molar-refractivity contribution < 1.29 is 27.4 Å². The summed E-state index contributed by atoms with van der Waals surface area (Å²) in [5.74, 6) is -3.79. The fourth-order valence-corrected chi connectivity index (χ4v) is 4.48. The van der Waals surface area contributed by atoms with Gasteiger partial charge in [-0.05, 0) is 61.4 Å². The summed E-state index contributed by atoms with van der Waals surface area (Å²) >= 11 is 0. The van der Waals surface area contributed by atoms with E-state index >= 15 is 0 Å². The minimum atomic E-state index is -1.35. The lowest BCUT2D eigenvalue weighted by Gasteiger charge is -2.28. The van der Waals surface area contributed by atoms with Crippen molar-refractivity contribution in [3.63, 3.8) is 0 Å². The first-order chi connectivity index (χ1) is 15.4. The van der Waals surface area contributed by atoms with Gasteiger partial charge in [0.25, 0.3) is 0 Å². The quantitative estimate of drug-likeness (QED) is 0.299. The van der Waals surface area contributed by atoms with Gasteiger partial charge in [0.1, 0.15) is 5.82 Å². The summed E-state index contributed by atoms with van der Waals surface area (Å²) < 4.78 is 52.5. The lowest BCUT2D eigenvalue weighted by molar-refractivity contribution is 0.0721. The first-order valence-corrected chi connectivity index (χ1v) is 11.5. The molecule has 0 bridgehead atoms. The molecule has 0 aliphatic heterocycles. The molecule has 0 radical (unpaired) electrons. The fourth-order valence-electron chi connectivity index (χ4n) is 4.48. The van der Waals surface area contributed by atoms with E-state index in [0.717, 1.165) is 30.4 Å². The molecule has 0 heterocycles. The molecule has 6 heteroatoms. The van der Waals surface area contributed by atoms with Crippen molar-refractivity contribution in [3.8, 4) is 11.5 Å². The van der Waals surface area contributed by atoms with Gasteiger partial charge in [0, 0.05) is 0 Å². The zero-order chi connectivity index (χ0) is 23.1. The van der Waals surface area contributed by atoms with Crippen LogP contribution in [-0.2, 0) is 6.42 Å². The first kappa shape index (κ1) is 24.1. The molecule has 0 spiro atoms. The Kier molecular flexibility index (Phi) is 8.60. The Morgan fingerprint density at radius 2 is 1.53 bits per heavy atom. The largest absolute Gasteiger partial charge is 0.491 e. The second kappa shape index (κ2) is 11.4. The third-order valence-corrected chi connectivity index (χ3v) is 6.27. The normalized spacial score (nSPS) is 18.4. The van der Waals surface area contributed by atoms with Crippen LogP contribution in [0.25, 0.3) is 0 Å². The van der Waals surface area contributed by atoms with E-state index in [1.807, 2.05) is 0 Å². The van der Waals surface area contributed by atoms with Gasteiger partial charge < -0.3 is 9.47 Å². The molecule has 0 N–H and O–H groups in total. The van der Waals surface area contributed by atoms with Crippen molar-refractivity contribution >= 4 is 5.97 Å². The number of hydrogen-bond donors (Lipinski definition) is 0. The summed E-state index contributed by atoms with van der Waals surface area (Å²) in [6, 6.07) is 6.61. The monoisotopic (exact) mass is 448 g/mol. The summed E-state index contributed by atoms with van der Waals surface area (Å²) in [4.78, 5) is 12.3. The minimum absolute atomic E-state index is 0.160. The van der Waals surface area contributed by atoms with Crippen LogP contribution in [0.2, 0.25) is 0 Å². The van der Waals surface area contributed by atoms with Gasteiger partial charge in [0.2, 0.25) is 11.6 Å². The van der Waals surface area contributed by atoms with Gasteiger partial charge in [-0.1, -0.05) is 51.5 Å². The molecule has 0 saturated heterocycles. The van der Waals surface area contributed by atoms with Crippen LogP contribution in [0.4, 0.5) is 13.2 Å². The molecule has 0 atom stereocenters. The van der Waals surface area contributed by atoms with E-state index in [-0.39, 0.29) is 17.9 Å². The Morgan fingerprint density at radius 3 is 2.16 bits per heavy atom. The molecule has 1 saturated carbocycles. The Bertz CT molecular complexity index is 921. The second-order valence-corrected chi connectivity index (χ2v) is 8.54. The van der Waals surface area contributed by atoms with Crippen LogP contribution in [0, 0.1) is 29.3 Å². The summed E-state index contributed by atoms with van der Waals surface area (Å²) in [7, 11) is 0. The molecule has 0 unspecified atom stereocenters. The number of hydrogen-bond acceptors (Lipinski definition) is 3. The van der Waals surface area contributed by atoms with E-state index < -0.39 is 29.2 Å². The highest BCUT2D eigenvalue weighted by Crippen LogP contribution is 2.34. The van der Waals surface area contributed by atoms with Gasteiger partial charge in [-0.3, -0.25) is 0 Å². The average Bonchev–Trinajstić information content (AvgIpc) is 2.78. The van der Waals surface area contributed by atoms with Crippen molar-refractivity contribution in [1.29, 1.82) is 0 Å². The topological polar surface area (TPSA) is 35.5 Å². The fraction of sp³-hybridized carbons (Fsp3) is 0.500. The van der Waals surface area contributed by atoms with Crippen molar-refractivity contribution in [2.75, 3.05) is 6.61 Å². The van der Waals surface area contributed by atoms with Gasteiger partial charge in [0.05, 0.1) is 12.2 Å². The maximum absolute atomic E-state index is 14.6. The maximum atomic E-state index is 14.6. The Morgan fingerprint density at radius 1 is 0.906 bits per heavy atom. The maximum Gasteiger partial charge on any atom is 0.346 e. The zero-order valence-corrected chi connectivity index (χ0v) is 18.8. The van der Waals surface area contributed by atoms with E-state index in [9.17, 15) is 18.0 Å². The van der Waals surface area contributed by atoms with Gasteiger partial charge in [-0.25, -0.2) is 9.18 Å². The van der Waals surface area contributed by atoms with Crippen molar-refractivity contribution in [1.82, 2.24) is 0 Å². The summed E-state index contributed by atoms with van der Waals surface area (Å²) in [5, 5.41) is 0. The molecule has 2 aromatic carbocycles. The molecule has 32 heavy (non-hydrogen) atoms. The highest BCUT2D eigenvalue weighted by Gasteiger charge is 2.22. The number of carbonyl (C=O) groups is 1. The molecule has 3 rings (SSSR count). The summed E-state index contributed by atoms with van der Waals surface area (Å²) in [5.41, 5.74) is 0.496. The number of rotatable bonds is 9. The van der Waals surface area contributed by atoms with E-state index in [2.05, 4.69) is 6.92 Å². The molecular weight excluding hydrogens is 417 g/mol. The lowest BCUT2D eigenvalue weighted by Crippen LogP contribution is -2.15. The van der Waals surface area contributed by atoms with Crippen LogP contribution in [0.1, 0.15) is 74.7 Å². The predicted molar refractivity (Wildman–Crippen MR) is 118 cm³/mol. The summed E-state index contributed by atoms with van der Waals surface area (Å²) in [6.07, 6.45) is 9.29. The third-order valence-electron chi connectivity index (χ3n) is 6.27. The first-order valence-electron chi connectivity index (χ1n) is 11.5. The number of halogens is 3. The van der Waals surface area contributed by atoms with E-state index in [1.54, 1.807) is 13.0 Å². The molecule has 3 nitrogen and oxygen atoms in total. The highest BCUT2D eigenvalue weighted by atomic mass is 19.2. The number of ether oxygens (including phenoxy) is 2. The molecule has 1 aliphatic rings. The van der Waals surface area contributed by atoms with Crippen LogP contribution in [-0.4, -0.2) is 12.6 Å². The lowest BCUT2D eigenvalue weighted by atomic mass is 9.78. The standard InChI is InChI=1S/C26H31F3O3/c1-3-5-17-6-8-18(9-7-17)10-11-19-12-13-20(21(27)16-19)26(30)32-23-15-14-22(31-4-2)24(28)25(23)29/h12-18H,3-11H2,1-2H3. The molecule has 1 aliphatic carbocycles. The number of benzene rings is 2. The van der Waals surface area contributed by atoms with Gasteiger partial charge >= 0.3 is 5.97 Å². The SMILES string of the molecule is CCCC1CCC(CCc2ccc(C(=O)Oc3ccc(OCC)c(F)c3F)c(F)c2)CC1. The van der Waals surface area contributed by atoms with E-state index in [1.165, 1.54) is 56.7 Å². The minimum Gasteiger partial charge on any atom is -0.491 e. The van der Waals surface area contributed by atoms with Crippen molar-refractivity contribution in [2.24, 2.45) is 11.8 Å². The predicted octanol–water partition coefficient (Wildman–Crippen LogP) is 7.26. The van der Waals surface area contributed by atoms with Crippen molar-refractivity contribution in [3.05, 3.63) is 58.9 Å². The Hall–Kier alpha value is -2.50. The molecule has 0 amide bonds. The van der Waals surface area contributed by atoms with Crippen LogP contribution in [0.5, 0.6) is 11.5 Å². The van der Waals surface area contributed by atoms with Gasteiger partial charge in [0.15, 0.2) is 11.5 Å². The number of carbonyl (C=O) groups excluding carboxylic acids is 1. The zero-order valence-electron chi connectivity index (χ0n) is 18.8. The second-order valence-electron chi connectivity index (χ2n) is 8.54. The average molecular weight is 449 g/mol. The van der Waals surface area contributed by atoms with Crippen LogP contribution in [0.3, 0.4) is 0 Å². The van der Waals surface area contributed by atoms with E-state index in [0.29, 0.717) is 5.92 Å². The summed E-state index contributed by atoms with van der Waals surface area (Å²) in [6.45, 7) is 4.02. The number of esters is 1. The van der Waals surface area contributed by atoms with Gasteiger partial charge in [-0.2, -0.15) is 8.78 Å². The molecule has 174 valence electrons. The smallest absolute Gasteiger partial charge is 0.346 e. The molecule has 2 aromatic rings. The third kappa shape index (κ3) is 6.05. The van der Waals surface area contributed by atoms with Crippen molar-refractivity contribution in [2.45, 2.75) is 65.2 Å². The Balaban J connectivity index is 1.58. The van der Waals surface area contributed by atoms with Crippen LogP contribution < -0.4 is 9.47 Å². The highest BCUT2D eigenvalue weighted by molar-refractivity contribution is 5.91. The van der Waals surface area contributed by atoms with E-state index in [4.69, 9.17) is 9.47 Å². The molecular formula is C26H31F3O3. The molecule has 0 aromatic heterocycles. The van der Waals surface area contributed by atoms with Crippen LogP contribution in [0.15, 0.2) is 30.3 Å². The molecule has 1 fully saturated rings. The van der Waals surface area contributed by atoms with Gasteiger partial charge in [-0.15, -0.1) is 0 Å². The Labute approximate surface area is 187 Å². The van der Waals surface area contributed by atoms with Crippen LogP contribution >= 0.6 is 0 Å². The number of aryl methyl sites for hydroxylation is 1.